The minimum Gasteiger partial charge on any atom is -0.476 e. The summed E-state index contributed by atoms with van der Waals surface area (Å²) in [4.78, 5) is 16.8. The number of aromatic nitrogens is 4. The van der Waals surface area contributed by atoms with Crippen LogP contribution in [-0.2, 0) is 10.0 Å². The fourth-order valence-electron chi connectivity index (χ4n) is 2.26. The number of nitrogens with one attached hydrogen (secondary N) is 1. The summed E-state index contributed by atoms with van der Waals surface area (Å²) in [6.45, 7) is 2.19. The van der Waals surface area contributed by atoms with Crippen LogP contribution in [0.5, 0.6) is 5.88 Å². The molecule has 130 valence electrons. The van der Waals surface area contributed by atoms with Gasteiger partial charge in [-0.3, -0.25) is 4.72 Å². The van der Waals surface area contributed by atoms with Crippen molar-refractivity contribution >= 4 is 32.8 Å². The van der Waals surface area contributed by atoms with Crippen LogP contribution < -0.4 is 15.2 Å². The van der Waals surface area contributed by atoms with Crippen molar-refractivity contribution in [2.24, 2.45) is 0 Å². The van der Waals surface area contributed by atoms with Crippen LogP contribution in [-0.4, -0.2) is 41.2 Å². The smallest absolute Gasteiger partial charge is 0.247 e. The molecule has 0 unspecified atom stereocenters. The standard InChI is InChI=1S/C15H16N6O3S/c1-3-24-14-12-13(19-15(16)20-14)17-8-11(18-12)9-6-4-5-7-10(9)21-25(2,22)23/h4-8,21H,3H2,1-2H3,(H2,16,17,19,20). The highest BCUT2D eigenvalue weighted by atomic mass is 32.2. The number of anilines is 2. The maximum absolute atomic E-state index is 11.6. The molecule has 0 amide bonds. The van der Waals surface area contributed by atoms with E-state index in [1.807, 2.05) is 6.92 Å². The third-order valence-electron chi connectivity index (χ3n) is 3.17. The first kappa shape index (κ1) is 16.8. The maximum atomic E-state index is 11.6. The normalized spacial score (nSPS) is 11.4. The number of nitrogens with two attached hydrogens (primary N) is 1. The zero-order valence-corrected chi connectivity index (χ0v) is 14.4. The van der Waals surface area contributed by atoms with Crippen LogP contribution in [0.4, 0.5) is 11.6 Å². The van der Waals surface area contributed by atoms with Gasteiger partial charge in [0, 0.05) is 5.56 Å². The molecule has 9 nitrogen and oxygen atoms in total. The van der Waals surface area contributed by atoms with E-state index in [0.29, 0.717) is 34.7 Å². The fraction of sp³-hybridized carbons (Fsp3) is 0.200. The van der Waals surface area contributed by atoms with Crippen molar-refractivity contribution in [2.45, 2.75) is 6.92 Å². The van der Waals surface area contributed by atoms with Crippen LogP contribution in [0, 0.1) is 0 Å². The summed E-state index contributed by atoms with van der Waals surface area (Å²) in [5, 5.41) is 0. The second-order valence-electron chi connectivity index (χ2n) is 5.17. The Labute approximate surface area is 144 Å². The average Bonchev–Trinajstić information content (AvgIpc) is 2.54. The molecule has 0 spiro atoms. The molecule has 25 heavy (non-hydrogen) atoms. The lowest BCUT2D eigenvalue weighted by Crippen LogP contribution is -2.10. The van der Waals surface area contributed by atoms with Gasteiger partial charge in [0.25, 0.3) is 0 Å². The van der Waals surface area contributed by atoms with Crippen LogP contribution in [0.3, 0.4) is 0 Å². The van der Waals surface area contributed by atoms with Gasteiger partial charge >= 0.3 is 0 Å². The first-order chi connectivity index (χ1) is 11.9. The summed E-state index contributed by atoms with van der Waals surface area (Å²) in [7, 11) is -3.44. The van der Waals surface area contributed by atoms with Gasteiger partial charge in [-0.15, -0.1) is 0 Å². The molecule has 3 N–H and O–H groups in total. The van der Waals surface area contributed by atoms with E-state index in [1.54, 1.807) is 24.3 Å². The van der Waals surface area contributed by atoms with E-state index < -0.39 is 10.0 Å². The molecule has 0 atom stereocenters. The maximum Gasteiger partial charge on any atom is 0.247 e. The molecule has 1 aromatic carbocycles. The second-order valence-corrected chi connectivity index (χ2v) is 6.92. The molecule has 10 heteroatoms. The number of benzene rings is 1. The summed E-state index contributed by atoms with van der Waals surface area (Å²) >= 11 is 0. The van der Waals surface area contributed by atoms with E-state index in [2.05, 4.69) is 24.7 Å². The number of sulfonamides is 1. The van der Waals surface area contributed by atoms with E-state index >= 15 is 0 Å². The van der Waals surface area contributed by atoms with Crippen molar-refractivity contribution in [2.75, 3.05) is 23.3 Å². The molecule has 0 aliphatic carbocycles. The predicted octanol–water partition coefficient (Wildman–Crippen LogP) is 1.44. The van der Waals surface area contributed by atoms with Gasteiger partial charge in [0.1, 0.15) is 0 Å². The van der Waals surface area contributed by atoms with Crippen molar-refractivity contribution < 1.29 is 13.2 Å². The topological polar surface area (TPSA) is 133 Å². The summed E-state index contributed by atoms with van der Waals surface area (Å²) in [5.74, 6) is 0.269. The number of rotatable bonds is 5. The molecule has 0 aliphatic rings. The molecule has 3 aromatic rings. The SMILES string of the molecule is CCOc1nc(N)nc2ncc(-c3ccccc3NS(C)(=O)=O)nc12. The Kier molecular flexibility index (Phi) is 4.36. The lowest BCUT2D eigenvalue weighted by molar-refractivity contribution is 0.330. The van der Waals surface area contributed by atoms with E-state index in [9.17, 15) is 8.42 Å². The number of hydrogen-bond donors (Lipinski definition) is 2. The minimum atomic E-state index is -3.44. The third-order valence-corrected chi connectivity index (χ3v) is 3.76. The average molecular weight is 360 g/mol. The number of ether oxygens (including phenoxy) is 1. The van der Waals surface area contributed by atoms with Crippen molar-refractivity contribution in [3.63, 3.8) is 0 Å². The molecule has 0 aliphatic heterocycles. The molecule has 0 saturated carbocycles. The minimum absolute atomic E-state index is 0.0390. The predicted molar refractivity (Wildman–Crippen MR) is 94.6 cm³/mol. The lowest BCUT2D eigenvalue weighted by Gasteiger charge is -2.11. The summed E-state index contributed by atoms with van der Waals surface area (Å²) in [5.41, 5.74) is 7.72. The van der Waals surface area contributed by atoms with Gasteiger partial charge < -0.3 is 10.5 Å². The van der Waals surface area contributed by atoms with Crippen LogP contribution in [0.15, 0.2) is 30.5 Å². The van der Waals surface area contributed by atoms with Gasteiger partial charge in [0.05, 0.1) is 30.4 Å². The molecular formula is C15H16N6O3S. The van der Waals surface area contributed by atoms with Crippen molar-refractivity contribution in [3.05, 3.63) is 30.5 Å². The van der Waals surface area contributed by atoms with Gasteiger partial charge in [0.2, 0.25) is 21.9 Å². The number of fused-ring (bicyclic) bond motifs is 1. The first-order valence-corrected chi connectivity index (χ1v) is 9.27. The summed E-state index contributed by atoms with van der Waals surface area (Å²) in [6, 6.07) is 6.88. The Morgan fingerprint density at radius 1 is 1.20 bits per heavy atom. The quantitative estimate of drug-likeness (QED) is 0.698. The second kappa shape index (κ2) is 6.48. The van der Waals surface area contributed by atoms with Gasteiger partial charge in [-0.2, -0.15) is 9.97 Å². The van der Waals surface area contributed by atoms with Gasteiger partial charge in [-0.25, -0.2) is 18.4 Å². The molecular weight excluding hydrogens is 344 g/mol. The van der Waals surface area contributed by atoms with Gasteiger partial charge in [0.15, 0.2) is 11.2 Å². The lowest BCUT2D eigenvalue weighted by atomic mass is 10.1. The zero-order valence-electron chi connectivity index (χ0n) is 13.6. The van der Waals surface area contributed by atoms with E-state index in [-0.39, 0.29) is 11.8 Å². The highest BCUT2D eigenvalue weighted by molar-refractivity contribution is 7.92. The zero-order chi connectivity index (χ0) is 18.0. The molecule has 0 radical (unpaired) electrons. The number of nitrogen functional groups attached to an aromatic ring is 1. The number of hydrogen-bond acceptors (Lipinski definition) is 8. The fourth-order valence-corrected chi connectivity index (χ4v) is 2.84. The van der Waals surface area contributed by atoms with E-state index in [4.69, 9.17) is 10.5 Å². The Hall–Kier alpha value is -3.01. The molecule has 3 rings (SSSR count). The van der Waals surface area contributed by atoms with Crippen molar-refractivity contribution in [1.29, 1.82) is 0 Å². The Bertz CT molecular complexity index is 1040. The highest BCUT2D eigenvalue weighted by Gasteiger charge is 2.15. The monoisotopic (exact) mass is 360 g/mol. The third kappa shape index (κ3) is 3.74. The van der Waals surface area contributed by atoms with Crippen LogP contribution in [0.1, 0.15) is 6.92 Å². The van der Waals surface area contributed by atoms with Gasteiger partial charge in [-0.1, -0.05) is 18.2 Å². The number of para-hydroxylation sites is 1. The van der Waals surface area contributed by atoms with Crippen LogP contribution in [0.2, 0.25) is 0 Å². The molecule has 2 heterocycles. The van der Waals surface area contributed by atoms with Crippen molar-refractivity contribution in [1.82, 2.24) is 19.9 Å². The molecule has 0 saturated heterocycles. The van der Waals surface area contributed by atoms with Crippen LogP contribution in [0.25, 0.3) is 22.4 Å². The first-order valence-electron chi connectivity index (χ1n) is 7.37. The number of nitrogens with zero attached hydrogens (tertiary/aromatic N) is 4. The van der Waals surface area contributed by atoms with E-state index in [1.165, 1.54) is 6.20 Å². The van der Waals surface area contributed by atoms with Gasteiger partial charge in [-0.05, 0) is 13.0 Å². The molecule has 0 bridgehead atoms. The summed E-state index contributed by atoms with van der Waals surface area (Å²) < 4.78 is 31.1. The molecule has 0 fully saturated rings. The Balaban J connectivity index is 2.17. The van der Waals surface area contributed by atoms with Crippen LogP contribution >= 0.6 is 0 Å². The highest BCUT2D eigenvalue weighted by Crippen LogP contribution is 2.29. The Morgan fingerprint density at radius 3 is 2.68 bits per heavy atom. The molecule has 2 aromatic heterocycles. The Morgan fingerprint density at radius 2 is 1.96 bits per heavy atom. The summed E-state index contributed by atoms with van der Waals surface area (Å²) in [6.07, 6.45) is 2.58. The largest absolute Gasteiger partial charge is 0.476 e. The van der Waals surface area contributed by atoms with Crippen molar-refractivity contribution in [3.8, 4) is 17.1 Å². The van der Waals surface area contributed by atoms with E-state index in [0.717, 1.165) is 6.26 Å².